The van der Waals surface area contributed by atoms with E-state index in [4.69, 9.17) is 0 Å². The topological polar surface area (TPSA) is 17.1 Å². The zero-order chi connectivity index (χ0) is 7.35. The van der Waals surface area contributed by atoms with Gasteiger partial charge in [-0.15, -0.1) is 0 Å². The van der Waals surface area contributed by atoms with Gasteiger partial charge in [0, 0.05) is 18.3 Å². The number of rotatable bonds is 1. The molecule has 0 spiro atoms. The number of hydrogen-bond acceptors (Lipinski definition) is 1. The van der Waals surface area contributed by atoms with E-state index in [1.54, 1.807) is 0 Å². The summed E-state index contributed by atoms with van der Waals surface area (Å²) < 4.78 is 25.3. The normalized spacial score (nSPS) is 48.4. The molecule has 0 amide bonds. The largest absolute Gasteiger partial charge is 0.303 e. The predicted octanol–water partition coefficient (Wildman–Crippen LogP) is 1.48. The van der Waals surface area contributed by atoms with Crippen molar-refractivity contribution < 1.29 is 13.6 Å². The second-order valence-electron chi connectivity index (χ2n) is 3.20. The quantitative estimate of drug-likeness (QED) is 0.512. The van der Waals surface area contributed by atoms with E-state index in [-0.39, 0.29) is 18.3 Å². The van der Waals surface area contributed by atoms with Gasteiger partial charge in [0.15, 0.2) is 0 Å². The lowest BCUT2D eigenvalue weighted by Gasteiger charge is -2.09. The van der Waals surface area contributed by atoms with Gasteiger partial charge in [0.2, 0.25) is 0 Å². The van der Waals surface area contributed by atoms with Crippen molar-refractivity contribution in [3.8, 4) is 0 Å². The fraction of sp³-hybridized carbons (Fsp3) is 0.857. The molecule has 0 radical (unpaired) electrons. The Morgan fingerprint density at radius 3 is 2.50 bits per heavy atom. The average Bonchev–Trinajstić information content (AvgIpc) is 2.50. The first-order valence-electron chi connectivity index (χ1n) is 3.50. The SMILES string of the molecule is O=CC1C2CCC(F)(F)C12. The Balaban J connectivity index is 2.14. The van der Waals surface area contributed by atoms with E-state index in [1.165, 1.54) is 0 Å². The maximum Gasteiger partial charge on any atom is 0.251 e. The molecule has 3 heteroatoms. The summed E-state index contributed by atoms with van der Waals surface area (Å²) in [5.74, 6) is -3.42. The molecule has 2 fully saturated rings. The van der Waals surface area contributed by atoms with E-state index in [0.29, 0.717) is 12.7 Å². The number of hydrogen-bond donors (Lipinski definition) is 0. The number of carbonyl (C=O) groups excluding carboxylic acids is 1. The smallest absolute Gasteiger partial charge is 0.251 e. The van der Waals surface area contributed by atoms with Gasteiger partial charge in [-0.2, -0.15) is 0 Å². The summed E-state index contributed by atoms with van der Waals surface area (Å²) in [6.07, 6.45) is 1.22. The third-order valence-corrected chi connectivity index (χ3v) is 2.69. The molecule has 0 aromatic heterocycles. The second-order valence-corrected chi connectivity index (χ2v) is 3.20. The van der Waals surface area contributed by atoms with Gasteiger partial charge < -0.3 is 4.79 Å². The Labute approximate surface area is 57.4 Å². The van der Waals surface area contributed by atoms with Crippen molar-refractivity contribution >= 4 is 6.29 Å². The molecule has 0 heterocycles. The Kier molecular flexibility index (Phi) is 0.984. The van der Waals surface area contributed by atoms with Crippen LogP contribution in [0.3, 0.4) is 0 Å². The van der Waals surface area contributed by atoms with E-state index in [0.717, 1.165) is 0 Å². The van der Waals surface area contributed by atoms with Gasteiger partial charge in [-0.3, -0.25) is 0 Å². The van der Waals surface area contributed by atoms with Gasteiger partial charge in [-0.05, 0) is 12.3 Å². The summed E-state index contributed by atoms with van der Waals surface area (Å²) in [4.78, 5) is 10.1. The molecule has 56 valence electrons. The Morgan fingerprint density at radius 2 is 2.20 bits per heavy atom. The summed E-state index contributed by atoms with van der Waals surface area (Å²) in [5, 5.41) is 0. The van der Waals surface area contributed by atoms with Crippen LogP contribution in [0.1, 0.15) is 12.8 Å². The first-order chi connectivity index (χ1) is 4.67. The highest BCUT2D eigenvalue weighted by molar-refractivity contribution is 5.60. The summed E-state index contributed by atoms with van der Waals surface area (Å²) in [6, 6.07) is 0. The van der Waals surface area contributed by atoms with E-state index < -0.39 is 11.8 Å². The van der Waals surface area contributed by atoms with Gasteiger partial charge in [0.05, 0.1) is 0 Å². The third kappa shape index (κ3) is 0.580. The van der Waals surface area contributed by atoms with Crippen LogP contribution < -0.4 is 0 Å². The standard InChI is InChI=1S/C7H8F2O/c8-7(9)2-1-4-5(3-10)6(4)7/h3-6H,1-2H2. The van der Waals surface area contributed by atoms with Crippen molar-refractivity contribution in [1.29, 1.82) is 0 Å². The molecule has 0 aliphatic heterocycles. The van der Waals surface area contributed by atoms with Gasteiger partial charge >= 0.3 is 0 Å². The lowest BCUT2D eigenvalue weighted by Crippen LogP contribution is -2.17. The van der Waals surface area contributed by atoms with Crippen LogP contribution in [0.25, 0.3) is 0 Å². The minimum Gasteiger partial charge on any atom is -0.303 e. The van der Waals surface area contributed by atoms with Crippen molar-refractivity contribution in [2.75, 3.05) is 0 Å². The van der Waals surface area contributed by atoms with Gasteiger partial charge in [0.1, 0.15) is 6.29 Å². The van der Waals surface area contributed by atoms with Gasteiger partial charge in [-0.25, -0.2) is 8.78 Å². The summed E-state index contributed by atoms with van der Waals surface area (Å²) in [5.41, 5.74) is 0. The summed E-state index contributed by atoms with van der Waals surface area (Å²) in [7, 11) is 0. The van der Waals surface area contributed by atoms with E-state index in [2.05, 4.69) is 0 Å². The maximum atomic E-state index is 12.7. The summed E-state index contributed by atoms with van der Waals surface area (Å²) >= 11 is 0. The van der Waals surface area contributed by atoms with E-state index in [9.17, 15) is 13.6 Å². The second kappa shape index (κ2) is 1.57. The fourth-order valence-electron chi connectivity index (χ4n) is 2.08. The highest BCUT2D eigenvalue weighted by atomic mass is 19.3. The zero-order valence-corrected chi connectivity index (χ0v) is 5.39. The fourth-order valence-corrected chi connectivity index (χ4v) is 2.08. The zero-order valence-electron chi connectivity index (χ0n) is 5.39. The molecule has 0 N–H and O–H groups in total. The maximum absolute atomic E-state index is 12.7. The molecule has 0 saturated heterocycles. The lowest BCUT2D eigenvalue weighted by atomic mass is 10.1. The van der Waals surface area contributed by atoms with Crippen molar-refractivity contribution in [2.24, 2.45) is 17.8 Å². The first kappa shape index (κ1) is 6.25. The Bertz CT molecular complexity index is 178. The van der Waals surface area contributed by atoms with Gasteiger partial charge in [0.25, 0.3) is 5.92 Å². The van der Waals surface area contributed by atoms with Crippen molar-refractivity contribution in [2.45, 2.75) is 18.8 Å². The van der Waals surface area contributed by atoms with Crippen LogP contribution in [-0.4, -0.2) is 12.2 Å². The highest BCUT2D eigenvalue weighted by Crippen LogP contribution is 2.63. The minimum atomic E-state index is -2.53. The Morgan fingerprint density at radius 1 is 1.50 bits per heavy atom. The van der Waals surface area contributed by atoms with Crippen LogP contribution in [0, 0.1) is 17.8 Å². The molecular formula is C7H8F2O. The molecular weight excluding hydrogens is 138 g/mol. The molecule has 1 nitrogen and oxygen atoms in total. The number of alkyl halides is 2. The molecule has 0 aromatic carbocycles. The molecule has 10 heavy (non-hydrogen) atoms. The Hall–Kier alpha value is -0.470. The number of aldehydes is 1. The molecule has 0 bridgehead atoms. The lowest BCUT2D eigenvalue weighted by molar-refractivity contribution is -0.111. The van der Waals surface area contributed by atoms with Crippen LogP contribution in [0.15, 0.2) is 0 Å². The van der Waals surface area contributed by atoms with Crippen molar-refractivity contribution in [3.63, 3.8) is 0 Å². The van der Waals surface area contributed by atoms with Crippen molar-refractivity contribution in [3.05, 3.63) is 0 Å². The van der Waals surface area contributed by atoms with Crippen LogP contribution in [-0.2, 0) is 4.79 Å². The number of fused-ring (bicyclic) bond motifs is 1. The minimum absolute atomic E-state index is 0.00727. The monoisotopic (exact) mass is 146 g/mol. The predicted molar refractivity (Wildman–Crippen MR) is 30.7 cm³/mol. The van der Waals surface area contributed by atoms with Crippen LogP contribution in [0.4, 0.5) is 8.78 Å². The van der Waals surface area contributed by atoms with Crippen LogP contribution in [0.2, 0.25) is 0 Å². The molecule has 2 aliphatic carbocycles. The molecule has 3 unspecified atom stereocenters. The van der Waals surface area contributed by atoms with Crippen LogP contribution >= 0.6 is 0 Å². The first-order valence-corrected chi connectivity index (χ1v) is 3.50. The molecule has 2 rings (SSSR count). The number of halogens is 2. The van der Waals surface area contributed by atoms with Crippen molar-refractivity contribution in [1.82, 2.24) is 0 Å². The molecule has 3 atom stereocenters. The number of carbonyl (C=O) groups is 1. The van der Waals surface area contributed by atoms with Gasteiger partial charge in [-0.1, -0.05) is 0 Å². The van der Waals surface area contributed by atoms with E-state index >= 15 is 0 Å². The summed E-state index contributed by atoms with van der Waals surface area (Å²) in [6.45, 7) is 0. The average molecular weight is 146 g/mol. The third-order valence-electron chi connectivity index (χ3n) is 2.69. The molecule has 2 aliphatic rings. The molecule has 2 saturated carbocycles. The molecule has 0 aromatic rings. The van der Waals surface area contributed by atoms with Crippen LogP contribution in [0.5, 0.6) is 0 Å². The highest BCUT2D eigenvalue weighted by Gasteiger charge is 2.67. The van der Waals surface area contributed by atoms with E-state index in [1.807, 2.05) is 0 Å².